The average molecular weight is 292 g/mol. The minimum Gasteiger partial charge on any atom is -0.327 e. The number of aromatic nitrogens is 2. The Labute approximate surface area is 127 Å². The Kier molecular flexibility index (Phi) is 5.26. The fourth-order valence-electron chi connectivity index (χ4n) is 3.08. The van der Waals surface area contributed by atoms with E-state index in [0.717, 1.165) is 17.9 Å². The molecule has 0 bridgehead atoms. The number of carbonyl (C=O) groups excluding carboxylic acids is 1. The summed E-state index contributed by atoms with van der Waals surface area (Å²) < 4.78 is 1.76. The van der Waals surface area contributed by atoms with Gasteiger partial charge in [0.2, 0.25) is 0 Å². The second-order valence-electron chi connectivity index (χ2n) is 6.57. The maximum absolute atomic E-state index is 12.3. The first kappa shape index (κ1) is 15.9. The van der Waals surface area contributed by atoms with Gasteiger partial charge in [0.25, 0.3) is 0 Å². The Balaban J connectivity index is 1.94. The van der Waals surface area contributed by atoms with Crippen molar-refractivity contribution in [3.8, 4) is 0 Å². The van der Waals surface area contributed by atoms with E-state index in [9.17, 15) is 4.79 Å². The Morgan fingerprint density at radius 1 is 1.43 bits per heavy atom. The molecule has 5 nitrogen and oxygen atoms in total. The summed E-state index contributed by atoms with van der Waals surface area (Å²) in [4.78, 5) is 14.2. The van der Waals surface area contributed by atoms with Crippen LogP contribution in [0.15, 0.2) is 6.20 Å². The van der Waals surface area contributed by atoms with Crippen LogP contribution in [0.25, 0.3) is 0 Å². The van der Waals surface area contributed by atoms with E-state index < -0.39 is 0 Å². The fourth-order valence-corrected chi connectivity index (χ4v) is 3.08. The zero-order valence-corrected chi connectivity index (χ0v) is 13.7. The Bertz CT molecular complexity index is 475. The van der Waals surface area contributed by atoms with Gasteiger partial charge in [0.05, 0.1) is 11.4 Å². The molecular formula is C16H28N4O. The highest BCUT2D eigenvalue weighted by atomic mass is 16.2. The van der Waals surface area contributed by atoms with Crippen LogP contribution in [0.5, 0.6) is 0 Å². The van der Waals surface area contributed by atoms with E-state index in [2.05, 4.69) is 24.3 Å². The van der Waals surface area contributed by atoms with Gasteiger partial charge in [-0.3, -0.25) is 4.68 Å². The number of nitrogens with one attached hydrogen (secondary N) is 1. The van der Waals surface area contributed by atoms with Gasteiger partial charge in [-0.15, -0.1) is 0 Å². The predicted molar refractivity (Wildman–Crippen MR) is 85.5 cm³/mol. The van der Waals surface area contributed by atoms with Gasteiger partial charge in [0, 0.05) is 26.8 Å². The molecule has 0 spiro atoms. The maximum atomic E-state index is 12.3. The van der Waals surface area contributed by atoms with E-state index in [0.29, 0.717) is 11.8 Å². The van der Waals surface area contributed by atoms with Gasteiger partial charge in [-0.05, 0) is 24.7 Å². The second-order valence-corrected chi connectivity index (χ2v) is 6.57. The molecule has 0 aliphatic heterocycles. The summed E-state index contributed by atoms with van der Waals surface area (Å²) in [6.07, 6.45) is 8.34. The lowest BCUT2D eigenvalue weighted by atomic mass is 9.89. The van der Waals surface area contributed by atoms with Crippen LogP contribution in [0.2, 0.25) is 0 Å². The minimum atomic E-state index is -0.0320. The lowest BCUT2D eigenvalue weighted by Gasteiger charge is -2.27. The van der Waals surface area contributed by atoms with Crippen molar-refractivity contribution in [2.45, 2.75) is 51.9 Å². The molecule has 118 valence electrons. The van der Waals surface area contributed by atoms with Crippen molar-refractivity contribution in [2.24, 2.45) is 13.0 Å². The molecule has 1 aromatic heterocycles. The summed E-state index contributed by atoms with van der Waals surface area (Å²) in [6.45, 7) is 5.02. The third-order valence-corrected chi connectivity index (χ3v) is 4.25. The van der Waals surface area contributed by atoms with Crippen LogP contribution in [0.4, 0.5) is 10.5 Å². The largest absolute Gasteiger partial charge is 0.327 e. The molecule has 1 aromatic rings. The molecule has 1 saturated carbocycles. The number of hydrogen-bond donors (Lipinski definition) is 1. The topological polar surface area (TPSA) is 50.2 Å². The minimum absolute atomic E-state index is 0.0320. The molecule has 1 aliphatic carbocycles. The Morgan fingerprint density at radius 3 is 2.71 bits per heavy atom. The summed E-state index contributed by atoms with van der Waals surface area (Å²) >= 11 is 0. The molecule has 0 saturated heterocycles. The van der Waals surface area contributed by atoms with Crippen LogP contribution in [0.3, 0.4) is 0 Å². The van der Waals surface area contributed by atoms with Gasteiger partial charge in [0.15, 0.2) is 0 Å². The molecule has 1 N–H and O–H groups in total. The first-order chi connectivity index (χ1) is 9.97. The van der Waals surface area contributed by atoms with Gasteiger partial charge in [-0.2, -0.15) is 5.10 Å². The van der Waals surface area contributed by atoms with Crippen molar-refractivity contribution in [2.75, 3.05) is 18.9 Å². The number of hydrogen-bond acceptors (Lipinski definition) is 2. The first-order valence-electron chi connectivity index (χ1n) is 8.03. The predicted octanol–water partition coefficient (Wildman–Crippen LogP) is 3.59. The third kappa shape index (κ3) is 4.22. The molecule has 1 fully saturated rings. The monoisotopic (exact) mass is 292 g/mol. The third-order valence-electron chi connectivity index (χ3n) is 4.25. The lowest BCUT2D eigenvalue weighted by molar-refractivity contribution is 0.205. The van der Waals surface area contributed by atoms with Gasteiger partial charge in [-0.25, -0.2) is 4.79 Å². The van der Waals surface area contributed by atoms with Gasteiger partial charge in [0.1, 0.15) is 0 Å². The smallest absolute Gasteiger partial charge is 0.321 e. The fraction of sp³-hybridized carbons (Fsp3) is 0.750. The summed E-state index contributed by atoms with van der Waals surface area (Å²) in [5.74, 6) is 0.957. The number of anilines is 1. The molecule has 0 radical (unpaired) electrons. The lowest BCUT2D eigenvalue weighted by Crippen LogP contribution is -2.36. The molecule has 5 heteroatoms. The summed E-state index contributed by atoms with van der Waals surface area (Å²) in [7, 11) is 3.77. The van der Waals surface area contributed by atoms with Crippen LogP contribution in [-0.4, -0.2) is 34.3 Å². The van der Waals surface area contributed by atoms with Crippen molar-refractivity contribution in [3.63, 3.8) is 0 Å². The van der Waals surface area contributed by atoms with Crippen molar-refractivity contribution < 1.29 is 4.79 Å². The molecule has 1 heterocycles. The van der Waals surface area contributed by atoms with Crippen LogP contribution >= 0.6 is 0 Å². The highest BCUT2D eigenvalue weighted by Gasteiger charge is 2.20. The molecular weight excluding hydrogens is 264 g/mol. The standard InChI is InChI=1S/C16H28N4O/c1-12(2)15-14(11-20(4)18-15)17-16(21)19(3)10-13-8-6-5-7-9-13/h11-13H,5-10H2,1-4H3,(H,17,21). The molecule has 2 rings (SSSR count). The van der Waals surface area contributed by atoms with E-state index in [1.165, 1.54) is 32.1 Å². The van der Waals surface area contributed by atoms with Crippen molar-refractivity contribution in [1.29, 1.82) is 0 Å². The summed E-state index contributed by atoms with van der Waals surface area (Å²) in [6, 6.07) is -0.0320. The van der Waals surface area contributed by atoms with Crippen molar-refractivity contribution >= 4 is 11.7 Å². The Morgan fingerprint density at radius 2 is 2.10 bits per heavy atom. The van der Waals surface area contributed by atoms with Crippen LogP contribution < -0.4 is 5.32 Å². The van der Waals surface area contributed by atoms with Crippen LogP contribution in [0, 0.1) is 5.92 Å². The molecule has 2 amide bonds. The molecule has 0 atom stereocenters. The second kappa shape index (κ2) is 6.96. The van der Waals surface area contributed by atoms with E-state index in [4.69, 9.17) is 0 Å². The zero-order valence-electron chi connectivity index (χ0n) is 13.7. The van der Waals surface area contributed by atoms with Crippen molar-refractivity contribution in [1.82, 2.24) is 14.7 Å². The molecule has 0 aromatic carbocycles. The average Bonchev–Trinajstić information content (AvgIpc) is 2.81. The Hall–Kier alpha value is -1.52. The number of nitrogens with zero attached hydrogens (tertiary/aromatic N) is 3. The quantitative estimate of drug-likeness (QED) is 0.922. The number of carbonyl (C=O) groups is 1. The highest BCUT2D eigenvalue weighted by Crippen LogP contribution is 2.25. The number of amides is 2. The van der Waals surface area contributed by atoms with Crippen LogP contribution in [0.1, 0.15) is 57.6 Å². The first-order valence-corrected chi connectivity index (χ1v) is 8.03. The summed E-state index contributed by atoms with van der Waals surface area (Å²) in [5.41, 5.74) is 1.77. The van der Waals surface area contributed by atoms with Gasteiger partial charge < -0.3 is 10.2 Å². The van der Waals surface area contributed by atoms with Crippen LogP contribution in [-0.2, 0) is 7.05 Å². The number of rotatable bonds is 4. The van der Waals surface area contributed by atoms with Crippen molar-refractivity contribution in [3.05, 3.63) is 11.9 Å². The van der Waals surface area contributed by atoms with Gasteiger partial charge in [-0.1, -0.05) is 33.1 Å². The highest BCUT2D eigenvalue weighted by molar-refractivity contribution is 5.89. The number of urea groups is 1. The van der Waals surface area contributed by atoms with E-state index in [1.54, 1.807) is 4.68 Å². The number of aryl methyl sites for hydroxylation is 1. The maximum Gasteiger partial charge on any atom is 0.321 e. The normalized spacial score (nSPS) is 16.2. The molecule has 1 aliphatic rings. The van der Waals surface area contributed by atoms with E-state index in [-0.39, 0.29) is 6.03 Å². The molecule has 21 heavy (non-hydrogen) atoms. The summed E-state index contributed by atoms with van der Waals surface area (Å²) in [5, 5.41) is 7.43. The molecule has 0 unspecified atom stereocenters. The van der Waals surface area contributed by atoms with Gasteiger partial charge >= 0.3 is 6.03 Å². The van der Waals surface area contributed by atoms with E-state index >= 15 is 0 Å². The SMILES string of the molecule is CC(C)c1nn(C)cc1NC(=O)N(C)CC1CCCCC1. The zero-order chi connectivity index (χ0) is 15.4. The van der Waals surface area contributed by atoms with E-state index in [1.807, 2.05) is 25.2 Å².